The molecule has 0 saturated carbocycles. The molecule has 3 rings (SSSR count). The van der Waals surface area contributed by atoms with Crippen LogP contribution in [0.4, 0.5) is 0 Å². The number of nitrogens with zero attached hydrogens (tertiary/aromatic N) is 3. The monoisotopic (exact) mass is 329 g/mol. The molecule has 0 unspecified atom stereocenters. The molecule has 1 atom stereocenters. The number of aryl methyl sites for hydroxylation is 1. The lowest BCUT2D eigenvalue weighted by Crippen LogP contribution is -2.33. The van der Waals surface area contributed by atoms with Crippen LogP contribution in [0, 0.1) is 0 Å². The topological polar surface area (TPSA) is 67.6 Å². The number of ether oxygens (including phenoxy) is 1. The van der Waals surface area contributed by atoms with Crippen molar-refractivity contribution in [2.45, 2.75) is 39.1 Å². The average Bonchev–Trinajstić information content (AvgIpc) is 2.88. The summed E-state index contributed by atoms with van der Waals surface area (Å²) in [7, 11) is 0. The Balaban J connectivity index is 1.56. The third-order valence-corrected chi connectivity index (χ3v) is 4.15. The number of benzene rings is 1. The smallest absolute Gasteiger partial charge is 0.248 e. The van der Waals surface area contributed by atoms with Crippen molar-refractivity contribution in [3.8, 4) is 0 Å². The van der Waals surface area contributed by atoms with Gasteiger partial charge < -0.3 is 14.7 Å². The first-order valence-electron chi connectivity index (χ1n) is 8.27. The summed E-state index contributed by atoms with van der Waals surface area (Å²) in [4.78, 5) is 14.2. The van der Waals surface area contributed by atoms with Crippen LogP contribution in [0.3, 0.4) is 0 Å². The van der Waals surface area contributed by atoms with Gasteiger partial charge in [-0.1, -0.05) is 30.3 Å². The molecule has 6 nitrogen and oxygen atoms in total. The van der Waals surface area contributed by atoms with Gasteiger partial charge in [0.15, 0.2) is 0 Å². The number of fused-ring (bicyclic) bond motifs is 1. The molecule has 2 heterocycles. The van der Waals surface area contributed by atoms with Crippen molar-refractivity contribution in [1.29, 1.82) is 0 Å². The highest BCUT2D eigenvalue weighted by molar-refractivity contribution is 5.77. The molecule has 1 aliphatic heterocycles. The number of carbonyl (C=O) groups is 1. The summed E-state index contributed by atoms with van der Waals surface area (Å²) in [5.41, 5.74) is 2.67. The van der Waals surface area contributed by atoms with Gasteiger partial charge in [-0.3, -0.25) is 9.48 Å². The highest BCUT2D eigenvalue weighted by atomic mass is 16.5. The Morgan fingerprint density at radius 1 is 1.33 bits per heavy atom. The number of amides is 1. The van der Waals surface area contributed by atoms with E-state index in [0.717, 1.165) is 24.2 Å². The Kier molecular flexibility index (Phi) is 5.27. The van der Waals surface area contributed by atoms with Crippen molar-refractivity contribution < 1.29 is 14.6 Å². The Bertz CT molecular complexity index is 682. The zero-order valence-electron chi connectivity index (χ0n) is 13.9. The van der Waals surface area contributed by atoms with Crippen LogP contribution in [-0.4, -0.2) is 38.8 Å². The fourth-order valence-corrected chi connectivity index (χ4v) is 2.82. The van der Waals surface area contributed by atoms with Gasteiger partial charge in [-0.25, -0.2) is 0 Å². The first-order valence-corrected chi connectivity index (χ1v) is 8.27. The number of carbonyl (C=O) groups excluding carboxylic acids is 1. The maximum atomic E-state index is 12.4. The van der Waals surface area contributed by atoms with Crippen molar-refractivity contribution in [1.82, 2.24) is 14.7 Å². The third kappa shape index (κ3) is 4.01. The summed E-state index contributed by atoms with van der Waals surface area (Å²) in [6.07, 6.45) is 0.251. The lowest BCUT2D eigenvalue weighted by molar-refractivity contribution is -0.137. The first kappa shape index (κ1) is 16.7. The molecule has 0 spiro atoms. The van der Waals surface area contributed by atoms with Gasteiger partial charge >= 0.3 is 0 Å². The molecule has 128 valence electrons. The van der Waals surface area contributed by atoms with Crippen molar-refractivity contribution in [3.63, 3.8) is 0 Å². The fraction of sp³-hybridized carbons (Fsp3) is 0.444. The van der Waals surface area contributed by atoms with Crippen LogP contribution in [0.5, 0.6) is 0 Å². The van der Waals surface area contributed by atoms with Crippen molar-refractivity contribution in [2.24, 2.45) is 0 Å². The predicted octanol–water partition coefficient (Wildman–Crippen LogP) is 1.89. The number of hydrogen-bond acceptors (Lipinski definition) is 4. The summed E-state index contributed by atoms with van der Waals surface area (Å²) in [5, 5.41) is 14.1. The summed E-state index contributed by atoms with van der Waals surface area (Å²) in [5.74, 6) is -0.0146. The molecule has 1 N–H and O–H groups in total. The zero-order valence-corrected chi connectivity index (χ0v) is 13.9. The van der Waals surface area contributed by atoms with E-state index in [0.29, 0.717) is 25.4 Å². The molecule has 1 aromatic heterocycles. The van der Waals surface area contributed by atoms with Gasteiger partial charge in [0.1, 0.15) is 6.61 Å². The molecule has 1 amide bonds. The summed E-state index contributed by atoms with van der Waals surface area (Å²) in [6.45, 7) is 4.17. The average molecular weight is 329 g/mol. The van der Waals surface area contributed by atoms with E-state index in [9.17, 15) is 9.90 Å². The second-order valence-electron chi connectivity index (χ2n) is 6.11. The number of rotatable bonds is 5. The van der Waals surface area contributed by atoms with E-state index < -0.39 is 6.10 Å². The predicted molar refractivity (Wildman–Crippen MR) is 89.0 cm³/mol. The van der Waals surface area contributed by atoms with Crippen LogP contribution >= 0.6 is 0 Å². The largest absolute Gasteiger partial charge is 0.387 e. The molecule has 1 aliphatic rings. The second-order valence-corrected chi connectivity index (χ2v) is 6.11. The molecule has 0 bridgehead atoms. The third-order valence-electron chi connectivity index (χ3n) is 4.15. The molecular weight excluding hydrogens is 306 g/mol. The molecule has 0 fully saturated rings. The van der Waals surface area contributed by atoms with E-state index in [4.69, 9.17) is 4.74 Å². The number of aromatic nitrogens is 2. The molecule has 2 aromatic rings. The number of aliphatic hydroxyl groups is 1. The maximum Gasteiger partial charge on any atom is 0.248 e. The number of aliphatic hydroxyl groups excluding tert-OH is 1. The van der Waals surface area contributed by atoms with Crippen LogP contribution in [0.25, 0.3) is 0 Å². The van der Waals surface area contributed by atoms with E-state index in [-0.39, 0.29) is 12.5 Å². The highest BCUT2D eigenvalue weighted by Gasteiger charge is 2.21. The quantitative estimate of drug-likeness (QED) is 0.909. The fourth-order valence-electron chi connectivity index (χ4n) is 2.82. The first-order chi connectivity index (χ1) is 11.6. The van der Waals surface area contributed by atoms with Crippen LogP contribution in [-0.2, 0) is 29.2 Å². The van der Waals surface area contributed by atoms with Crippen molar-refractivity contribution in [2.75, 3.05) is 13.2 Å². The van der Waals surface area contributed by atoms with Gasteiger partial charge in [0.05, 0.1) is 30.6 Å². The lowest BCUT2D eigenvalue weighted by atomic mass is 10.2. The van der Waals surface area contributed by atoms with Gasteiger partial charge in [0, 0.05) is 13.1 Å². The summed E-state index contributed by atoms with van der Waals surface area (Å²) >= 11 is 0. The van der Waals surface area contributed by atoms with E-state index in [2.05, 4.69) is 5.10 Å². The van der Waals surface area contributed by atoms with Crippen molar-refractivity contribution >= 4 is 5.91 Å². The highest BCUT2D eigenvalue weighted by Crippen LogP contribution is 2.18. The van der Waals surface area contributed by atoms with Gasteiger partial charge in [-0.05, 0) is 25.0 Å². The molecule has 0 aliphatic carbocycles. The van der Waals surface area contributed by atoms with Crippen molar-refractivity contribution in [3.05, 3.63) is 53.3 Å². The molecule has 6 heteroatoms. The van der Waals surface area contributed by atoms with E-state index in [1.807, 2.05) is 41.1 Å². The molecule has 1 aromatic carbocycles. The molecular formula is C18H23N3O3. The Labute approximate surface area is 141 Å². The Morgan fingerprint density at radius 3 is 2.88 bits per heavy atom. The van der Waals surface area contributed by atoms with Gasteiger partial charge in [-0.15, -0.1) is 0 Å². The zero-order chi connectivity index (χ0) is 16.9. The Hall–Kier alpha value is -2.18. The second kappa shape index (κ2) is 7.59. The minimum atomic E-state index is -0.595. The lowest BCUT2D eigenvalue weighted by Gasteiger charge is -2.20. The van der Waals surface area contributed by atoms with Gasteiger partial charge in [0.25, 0.3) is 0 Å². The van der Waals surface area contributed by atoms with Crippen LogP contribution in [0.2, 0.25) is 0 Å². The summed E-state index contributed by atoms with van der Waals surface area (Å²) < 4.78 is 7.44. The van der Waals surface area contributed by atoms with E-state index >= 15 is 0 Å². The minimum Gasteiger partial charge on any atom is -0.387 e. The SMILES string of the molecule is C[C@H](O)c1cc2n(n1)CCCN(C(=O)COCc1ccccc1)C2. The molecule has 0 radical (unpaired) electrons. The van der Waals surface area contributed by atoms with E-state index in [1.54, 1.807) is 11.8 Å². The maximum absolute atomic E-state index is 12.4. The normalized spacial score (nSPS) is 15.7. The molecule has 24 heavy (non-hydrogen) atoms. The standard InChI is InChI=1S/C18H23N3O3/c1-14(22)17-10-16-11-20(8-5-9-21(16)19-17)18(23)13-24-12-15-6-3-2-4-7-15/h2-4,6-7,10,14,22H,5,8-9,11-13H2,1H3/t14-/m0/s1. The Morgan fingerprint density at radius 2 is 2.12 bits per heavy atom. The van der Waals surface area contributed by atoms with Crippen LogP contribution < -0.4 is 0 Å². The van der Waals surface area contributed by atoms with Crippen LogP contribution in [0.15, 0.2) is 36.4 Å². The minimum absolute atomic E-state index is 0.0146. The van der Waals surface area contributed by atoms with Gasteiger partial charge in [0.2, 0.25) is 5.91 Å². The van der Waals surface area contributed by atoms with Gasteiger partial charge in [-0.2, -0.15) is 5.10 Å². The summed E-state index contributed by atoms with van der Waals surface area (Å²) in [6, 6.07) is 11.7. The molecule has 0 saturated heterocycles. The van der Waals surface area contributed by atoms with Crippen LogP contribution in [0.1, 0.15) is 36.4 Å². The number of hydrogen-bond donors (Lipinski definition) is 1. The van der Waals surface area contributed by atoms with E-state index in [1.165, 1.54) is 0 Å².